The Morgan fingerprint density at radius 3 is 3.00 bits per heavy atom. The Hall–Kier alpha value is -1.18. The third-order valence-corrected chi connectivity index (χ3v) is 2.62. The highest BCUT2D eigenvalue weighted by Gasteiger charge is 2.17. The zero-order valence-electron chi connectivity index (χ0n) is 8.37. The van der Waals surface area contributed by atoms with Crippen LogP contribution in [0.5, 0.6) is 0 Å². The van der Waals surface area contributed by atoms with Crippen LogP contribution in [-0.4, -0.2) is 11.8 Å². The van der Waals surface area contributed by atoms with Gasteiger partial charge in [0.1, 0.15) is 7.11 Å². The minimum absolute atomic E-state index is 0.621. The first-order chi connectivity index (χ1) is 6.22. The summed E-state index contributed by atoms with van der Waals surface area (Å²) >= 11 is 0. The van der Waals surface area contributed by atoms with Crippen molar-refractivity contribution in [3.63, 3.8) is 0 Å². The maximum atomic E-state index is 5.26. The second-order valence-corrected chi connectivity index (χ2v) is 3.72. The largest absolute Gasteiger partial charge is 0.417 e. The van der Waals surface area contributed by atoms with Gasteiger partial charge in [0.15, 0.2) is 0 Å². The van der Waals surface area contributed by atoms with Crippen molar-refractivity contribution in [1.29, 1.82) is 0 Å². The maximum absolute atomic E-state index is 5.26. The van der Waals surface area contributed by atoms with Crippen LogP contribution < -0.4 is 4.84 Å². The third-order valence-electron chi connectivity index (χ3n) is 2.62. The molecule has 0 amide bonds. The predicted octanol–water partition coefficient (Wildman–Crippen LogP) is 2.06. The molecule has 0 N–H and O–H groups in total. The fourth-order valence-electron chi connectivity index (χ4n) is 1.89. The van der Waals surface area contributed by atoms with Gasteiger partial charge < -0.3 is 4.84 Å². The van der Waals surface area contributed by atoms with Gasteiger partial charge in [-0.3, -0.25) is 0 Å². The minimum atomic E-state index is 0.621. The van der Waals surface area contributed by atoms with Gasteiger partial charge in [-0.25, -0.2) is 0 Å². The Balaban J connectivity index is 2.51. The van der Waals surface area contributed by atoms with Crippen LogP contribution in [0.2, 0.25) is 0 Å². The first kappa shape index (κ1) is 8.42. The first-order valence-electron chi connectivity index (χ1n) is 4.66. The SMILES string of the molecule is COn1cc(C)c2c1CC(C)C=C2. The van der Waals surface area contributed by atoms with E-state index in [9.17, 15) is 0 Å². The zero-order chi connectivity index (χ0) is 9.42. The van der Waals surface area contributed by atoms with E-state index in [0.29, 0.717) is 5.92 Å². The monoisotopic (exact) mass is 177 g/mol. The molecule has 0 aliphatic heterocycles. The Morgan fingerprint density at radius 2 is 2.31 bits per heavy atom. The number of nitrogens with zero attached hydrogens (tertiary/aromatic N) is 1. The minimum Gasteiger partial charge on any atom is -0.417 e. The summed E-state index contributed by atoms with van der Waals surface area (Å²) in [7, 11) is 1.71. The third kappa shape index (κ3) is 1.26. The Morgan fingerprint density at radius 1 is 1.54 bits per heavy atom. The molecule has 1 aliphatic rings. The fraction of sp³-hybridized carbons (Fsp3) is 0.455. The molecule has 0 radical (unpaired) electrons. The van der Waals surface area contributed by atoms with Crippen LogP contribution in [0, 0.1) is 12.8 Å². The van der Waals surface area contributed by atoms with E-state index < -0.39 is 0 Å². The fourth-order valence-corrected chi connectivity index (χ4v) is 1.89. The van der Waals surface area contributed by atoms with Crippen LogP contribution in [0.1, 0.15) is 23.7 Å². The van der Waals surface area contributed by atoms with E-state index in [1.54, 1.807) is 7.11 Å². The van der Waals surface area contributed by atoms with E-state index in [1.165, 1.54) is 16.8 Å². The highest BCUT2D eigenvalue weighted by Crippen LogP contribution is 2.26. The summed E-state index contributed by atoms with van der Waals surface area (Å²) in [4.78, 5) is 5.26. The van der Waals surface area contributed by atoms with Gasteiger partial charge >= 0.3 is 0 Å². The van der Waals surface area contributed by atoms with Crippen molar-refractivity contribution in [3.8, 4) is 0 Å². The molecule has 0 aromatic carbocycles. The van der Waals surface area contributed by atoms with Crippen molar-refractivity contribution < 1.29 is 4.84 Å². The molecular weight excluding hydrogens is 162 g/mol. The van der Waals surface area contributed by atoms with Crippen molar-refractivity contribution >= 4 is 6.08 Å². The average molecular weight is 177 g/mol. The zero-order valence-corrected chi connectivity index (χ0v) is 8.37. The van der Waals surface area contributed by atoms with Crippen molar-refractivity contribution in [2.75, 3.05) is 7.11 Å². The Kier molecular flexibility index (Phi) is 1.91. The van der Waals surface area contributed by atoms with Crippen molar-refractivity contribution in [2.24, 2.45) is 5.92 Å². The van der Waals surface area contributed by atoms with Gasteiger partial charge in [-0.2, -0.15) is 4.73 Å². The molecule has 1 aromatic heterocycles. The normalized spacial score (nSPS) is 20.1. The quantitative estimate of drug-likeness (QED) is 0.640. The summed E-state index contributed by atoms with van der Waals surface area (Å²) in [6.45, 7) is 4.34. The number of fused-ring (bicyclic) bond motifs is 1. The number of aromatic nitrogens is 1. The van der Waals surface area contributed by atoms with Crippen molar-refractivity contribution in [3.05, 3.63) is 29.1 Å². The molecule has 0 bridgehead atoms. The smallest absolute Gasteiger partial charge is 0.104 e. The average Bonchev–Trinajstić information content (AvgIpc) is 2.42. The summed E-state index contributed by atoms with van der Waals surface area (Å²) in [5, 5.41) is 0. The summed E-state index contributed by atoms with van der Waals surface area (Å²) in [6.07, 6.45) is 7.59. The summed E-state index contributed by atoms with van der Waals surface area (Å²) in [6, 6.07) is 0. The molecule has 13 heavy (non-hydrogen) atoms. The molecule has 70 valence electrons. The second-order valence-electron chi connectivity index (χ2n) is 3.72. The molecule has 1 aliphatic carbocycles. The number of hydrogen-bond donors (Lipinski definition) is 0. The molecule has 1 atom stereocenters. The lowest BCUT2D eigenvalue weighted by Gasteiger charge is -2.15. The molecule has 2 nitrogen and oxygen atoms in total. The van der Waals surface area contributed by atoms with Gasteiger partial charge in [0.25, 0.3) is 0 Å². The summed E-state index contributed by atoms with van der Waals surface area (Å²) in [5.41, 5.74) is 3.93. The van der Waals surface area contributed by atoms with Crippen LogP contribution >= 0.6 is 0 Å². The Labute approximate surface area is 78.8 Å². The van der Waals surface area contributed by atoms with Gasteiger partial charge in [-0.1, -0.05) is 19.1 Å². The molecule has 2 heteroatoms. The van der Waals surface area contributed by atoms with Gasteiger partial charge in [-0.15, -0.1) is 0 Å². The lowest BCUT2D eigenvalue weighted by Crippen LogP contribution is -2.13. The Bertz CT molecular complexity index is 349. The summed E-state index contributed by atoms with van der Waals surface area (Å²) < 4.78 is 1.88. The van der Waals surface area contributed by atoms with E-state index in [0.717, 1.165) is 6.42 Å². The van der Waals surface area contributed by atoms with Gasteiger partial charge in [0, 0.05) is 11.8 Å². The molecule has 0 saturated heterocycles. The van der Waals surface area contributed by atoms with E-state index in [-0.39, 0.29) is 0 Å². The van der Waals surface area contributed by atoms with Crippen LogP contribution in [0.4, 0.5) is 0 Å². The van der Waals surface area contributed by atoms with Crippen LogP contribution in [0.25, 0.3) is 6.08 Å². The lowest BCUT2D eigenvalue weighted by molar-refractivity contribution is 0.158. The maximum Gasteiger partial charge on any atom is 0.104 e. The van der Waals surface area contributed by atoms with E-state index in [1.807, 2.05) is 10.9 Å². The van der Waals surface area contributed by atoms with Crippen LogP contribution in [0.15, 0.2) is 12.3 Å². The number of aryl methyl sites for hydroxylation is 1. The predicted molar refractivity (Wildman–Crippen MR) is 53.6 cm³/mol. The molecule has 1 aromatic rings. The molecule has 0 fully saturated rings. The highest BCUT2D eigenvalue weighted by atomic mass is 16.6. The van der Waals surface area contributed by atoms with Gasteiger partial charge in [0.2, 0.25) is 0 Å². The van der Waals surface area contributed by atoms with Gasteiger partial charge in [-0.05, 0) is 24.8 Å². The summed E-state index contributed by atoms with van der Waals surface area (Å²) in [5.74, 6) is 0.621. The molecule has 2 rings (SSSR count). The molecule has 0 spiro atoms. The number of hydrogen-bond acceptors (Lipinski definition) is 1. The standard InChI is InChI=1S/C11H15NO/c1-8-4-5-10-9(2)7-12(13-3)11(10)6-8/h4-5,7-8H,6H2,1-3H3. The molecule has 0 saturated carbocycles. The van der Waals surface area contributed by atoms with E-state index >= 15 is 0 Å². The van der Waals surface area contributed by atoms with Gasteiger partial charge in [0.05, 0.1) is 5.69 Å². The van der Waals surface area contributed by atoms with E-state index in [2.05, 4.69) is 26.0 Å². The lowest BCUT2D eigenvalue weighted by atomic mass is 9.95. The first-order valence-corrected chi connectivity index (χ1v) is 4.66. The van der Waals surface area contributed by atoms with Crippen molar-refractivity contribution in [1.82, 2.24) is 4.73 Å². The second kappa shape index (κ2) is 2.95. The molecule has 1 unspecified atom stereocenters. The van der Waals surface area contributed by atoms with Crippen LogP contribution in [-0.2, 0) is 6.42 Å². The van der Waals surface area contributed by atoms with Crippen LogP contribution in [0.3, 0.4) is 0 Å². The van der Waals surface area contributed by atoms with Crippen molar-refractivity contribution in [2.45, 2.75) is 20.3 Å². The topological polar surface area (TPSA) is 14.2 Å². The highest BCUT2D eigenvalue weighted by molar-refractivity contribution is 5.59. The number of rotatable bonds is 1. The number of allylic oxidation sites excluding steroid dienone is 1. The van der Waals surface area contributed by atoms with E-state index in [4.69, 9.17) is 4.84 Å². The molecule has 1 heterocycles. The molecular formula is C11H15NO.